The number of thioether (sulfide) groups is 1. The molecule has 0 N–H and O–H groups in total. The van der Waals surface area contributed by atoms with Crippen molar-refractivity contribution in [3.8, 4) is 0 Å². The Labute approximate surface area is 78.1 Å². The molecule has 1 aliphatic rings. The van der Waals surface area contributed by atoms with E-state index in [1.165, 1.54) is 0 Å². The van der Waals surface area contributed by atoms with Gasteiger partial charge in [0.05, 0.1) is 0 Å². The molecule has 1 aliphatic heterocycles. The van der Waals surface area contributed by atoms with Crippen molar-refractivity contribution in [1.82, 2.24) is 0 Å². The number of Topliss-reactive ketones (excluding diaryl/α,β-unsaturated/α-hetero) is 1. The van der Waals surface area contributed by atoms with Gasteiger partial charge in [-0.2, -0.15) is 11.8 Å². The van der Waals surface area contributed by atoms with Gasteiger partial charge < -0.3 is 4.74 Å². The summed E-state index contributed by atoms with van der Waals surface area (Å²) in [6.45, 7) is 2.85. The molecule has 1 rings (SSSR count). The first kappa shape index (κ1) is 10.1. The lowest BCUT2D eigenvalue weighted by Crippen LogP contribution is -2.25. The highest BCUT2D eigenvalue weighted by molar-refractivity contribution is 7.98. The van der Waals surface area contributed by atoms with Crippen LogP contribution in [0.15, 0.2) is 0 Å². The molecule has 70 valence electrons. The van der Waals surface area contributed by atoms with Crippen LogP contribution in [0.2, 0.25) is 0 Å². The van der Waals surface area contributed by atoms with Gasteiger partial charge in [-0.1, -0.05) is 6.92 Å². The van der Waals surface area contributed by atoms with Gasteiger partial charge in [-0.3, -0.25) is 4.79 Å². The predicted molar refractivity (Wildman–Crippen MR) is 51.5 cm³/mol. The molecular formula is C9H16O2S. The van der Waals surface area contributed by atoms with Crippen LogP contribution in [0.4, 0.5) is 0 Å². The molecule has 0 saturated carbocycles. The molecule has 0 aliphatic carbocycles. The van der Waals surface area contributed by atoms with Crippen molar-refractivity contribution >= 4 is 17.5 Å². The Bertz CT molecular complexity index is 159. The summed E-state index contributed by atoms with van der Waals surface area (Å²) in [4.78, 5) is 11.5. The van der Waals surface area contributed by atoms with Gasteiger partial charge in [0.15, 0.2) is 5.78 Å². The molecule has 2 unspecified atom stereocenters. The molecule has 0 radical (unpaired) electrons. The highest BCUT2D eigenvalue weighted by Crippen LogP contribution is 2.21. The molecule has 3 heteroatoms. The van der Waals surface area contributed by atoms with Gasteiger partial charge >= 0.3 is 0 Å². The predicted octanol–water partition coefficient (Wildman–Crippen LogP) is 1.73. The molecule has 1 fully saturated rings. The van der Waals surface area contributed by atoms with Gasteiger partial charge in [0.1, 0.15) is 6.10 Å². The molecule has 1 saturated heterocycles. The second-order valence-electron chi connectivity index (χ2n) is 3.27. The Morgan fingerprint density at radius 1 is 1.67 bits per heavy atom. The lowest BCUT2D eigenvalue weighted by Gasteiger charge is -2.12. The third-order valence-corrected chi connectivity index (χ3v) is 2.87. The molecule has 0 bridgehead atoms. The average Bonchev–Trinajstić information content (AvgIpc) is 2.47. The van der Waals surface area contributed by atoms with Crippen LogP contribution in [-0.4, -0.2) is 30.5 Å². The van der Waals surface area contributed by atoms with E-state index >= 15 is 0 Å². The Kier molecular flexibility index (Phi) is 4.09. The van der Waals surface area contributed by atoms with Crippen LogP contribution in [0.1, 0.15) is 19.8 Å². The van der Waals surface area contributed by atoms with Gasteiger partial charge in [-0.25, -0.2) is 0 Å². The summed E-state index contributed by atoms with van der Waals surface area (Å²) >= 11 is 1.71. The maximum Gasteiger partial charge on any atom is 0.162 e. The molecule has 12 heavy (non-hydrogen) atoms. The average molecular weight is 188 g/mol. The van der Waals surface area contributed by atoms with Crippen molar-refractivity contribution < 1.29 is 9.53 Å². The molecule has 1 heterocycles. The molecule has 0 aromatic rings. The lowest BCUT2D eigenvalue weighted by molar-refractivity contribution is -0.128. The molecule has 2 nitrogen and oxygen atoms in total. The van der Waals surface area contributed by atoms with Crippen molar-refractivity contribution in [3.05, 3.63) is 0 Å². The molecule has 0 aromatic carbocycles. The van der Waals surface area contributed by atoms with E-state index in [0.29, 0.717) is 12.3 Å². The Hall–Kier alpha value is -0.0200. The van der Waals surface area contributed by atoms with Gasteiger partial charge in [0.2, 0.25) is 0 Å². The van der Waals surface area contributed by atoms with E-state index in [9.17, 15) is 4.79 Å². The zero-order chi connectivity index (χ0) is 8.97. The van der Waals surface area contributed by atoms with Gasteiger partial charge in [-0.05, 0) is 24.3 Å². The quantitative estimate of drug-likeness (QED) is 0.672. The van der Waals surface area contributed by atoms with Gasteiger partial charge in [-0.15, -0.1) is 0 Å². The summed E-state index contributed by atoms with van der Waals surface area (Å²) in [5.41, 5.74) is 0. The third kappa shape index (κ3) is 2.49. The first-order valence-corrected chi connectivity index (χ1v) is 5.78. The summed E-state index contributed by atoms with van der Waals surface area (Å²) in [5.74, 6) is 1.64. The van der Waals surface area contributed by atoms with E-state index in [4.69, 9.17) is 4.74 Å². The van der Waals surface area contributed by atoms with Crippen LogP contribution in [0, 0.1) is 5.92 Å². The Morgan fingerprint density at radius 2 is 2.42 bits per heavy atom. The topological polar surface area (TPSA) is 26.3 Å². The minimum Gasteiger partial charge on any atom is -0.370 e. The number of ketones is 1. The van der Waals surface area contributed by atoms with Gasteiger partial charge in [0.25, 0.3) is 0 Å². The number of ether oxygens (including phenoxy) is 1. The fourth-order valence-corrected chi connectivity index (χ4v) is 1.86. The van der Waals surface area contributed by atoms with E-state index in [0.717, 1.165) is 18.8 Å². The van der Waals surface area contributed by atoms with Crippen molar-refractivity contribution in [1.29, 1.82) is 0 Å². The zero-order valence-electron chi connectivity index (χ0n) is 7.71. The van der Waals surface area contributed by atoms with Crippen LogP contribution >= 0.6 is 11.8 Å². The van der Waals surface area contributed by atoms with Crippen LogP contribution in [-0.2, 0) is 9.53 Å². The third-order valence-electron chi connectivity index (χ3n) is 2.26. The summed E-state index contributed by atoms with van der Waals surface area (Å²) < 4.78 is 5.37. The van der Waals surface area contributed by atoms with Crippen LogP contribution in [0.5, 0.6) is 0 Å². The second kappa shape index (κ2) is 4.87. The molecule has 0 amide bonds. The van der Waals surface area contributed by atoms with Crippen LogP contribution in [0.3, 0.4) is 0 Å². The van der Waals surface area contributed by atoms with Crippen molar-refractivity contribution in [2.75, 3.05) is 18.6 Å². The fraction of sp³-hybridized carbons (Fsp3) is 0.889. The SMILES string of the molecule is CSCCC(=O)C1OCCC1C. The minimum atomic E-state index is -0.0999. The highest BCUT2D eigenvalue weighted by Gasteiger charge is 2.29. The number of carbonyl (C=O) groups excluding carboxylic acids is 1. The van der Waals surface area contributed by atoms with Crippen molar-refractivity contribution in [2.45, 2.75) is 25.9 Å². The first-order valence-electron chi connectivity index (χ1n) is 4.39. The monoisotopic (exact) mass is 188 g/mol. The largest absolute Gasteiger partial charge is 0.370 e. The minimum absolute atomic E-state index is 0.0999. The normalized spacial score (nSPS) is 29.2. The van der Waals surface area contributed by atoms with Crippen molar-refractivity contribution in [2.24, 2.45) is 5.92 Å². The molecule has 0 spiro atoms. The number of rotatable bonds is 4. The number of hydrogen-bond acceptors (Lipinski definition) is 3. The van der Waals surface area contributed by atoms with Crippen LogP contribution in [0.25, 0.3) is 0 Å². The number of hydrogen-bond donors (Lipinski definition) is 0. The lowest BCUT2D eigenvalue weighted by atomic mass is 9.99. The van der Waals surface area contributed by atoms with Crippen molar-refractivity contribution in [3.63, 3.8) is 0 Å². The molecule has 2 atom stereocenters. The Balaban J connectivity index is 2.30. The second-order valence-corrected chi connectivity index (χ2v) is 4.25. The Morgan fingerprint density at radius 3 is 2.92 bits per heavy atom. The summed E-state index contributed by atoms with van der Waals surface area (Å²) in [6, 6.07) is 0. The summed E-state index contributed by atoms with van der Waals surface area (Å²) in [6.07, 6.45) is 3.62. The van der Waals surface area contributed by atoms with E-state index in [1.807, 2.05) is 6.26 Å². The van der Waals surface area contributed by atoms with Crippen LogP contribution < -0.4 is 0 Å². The van der Waals surface area contributed by atoms with E-state index in [1.54, 1.807) is 11.8 Å². The van der Waals surface area contributed by atoms with Gasteiger partial charge in [0, 0.05) is 13.0 Å². The molecule has 0 aromatic heterocycles. The summed E-state index contributed by atoms with van der Waals surface area (Å²) in [5, 5.41) is 0. The van der Waals surface area contributed by atoms with E-state index < -0.39 is 0 Å². The standard InChI is InChI=1S/C9H16O2S/c1-7-3-5-11-9(7)8(10)4-6-12-2/h7,9H,3-6H2,1-2H3. The van der Waals surface area contributed by atoms with E-state index in [-0.39, 0.29) is 11.9 Å². The fourth-order valence-electron chi connectivity index (χ4n) is 1.45. The first-order chi connectivity index (χ1) is 5.75. The van der Waals surface area contributed by atoms with E-state index in [2.05, 4.69) is 6.92 Å². The maximum absolute atomic E-state index is 11.5. The smallest absolute Gasteiger partial charge is 0.162 e. The highest BCUT2D eigenvalue weighted by atomic mass is 32.2. The maximum atomic E-state index is 11.5. The molecular weight excluding hydrogens is 172 g/mol. The summed E-state index contributed by atoms with van der Waals surface area (Å²) in [7, 11) is 0. The number of carbonyl (C=O) groups is 1. The zero-order valence-corrected chi connectivity index (χ0v) is 8.52.